The zero-order chi connectivity index (χ0) is 25.0. The van der Waals surface area contributed by atoms with E-state index in [2.05, 4.69) is 20.7 Å². The second-order valence-corrected chi connectivity index (χ2v) is 10.8. The van der Waals surface area contributed by atoms with Gasteiger partial charge in [-0.2, -0.15) is 4.80 Å². The number of aryl methyl sites for hydroxylation is 1. The Morgan fingerprint density at radius 1 is 1.26 bits per heavy atom. The molecule has 0 spiro atoms. The number of nitrogens with zero attached hydrogens (tertiary/aromatic N) is 5. The van der Waals surface area contributed by atoms with Crippen LogP contribution in [0.2, 0.25) is 0 Å². The Labute approximate surface area is 209 Å². The normalized spacial score (nSPS) is 16.7. The van der Waals surface area contributed by atoms with Crippen LogP contribution in [0.1, 0.15) is 50.1 Å². The van der Waals surface area contributed by atoms with E-state index in [9.17, 15) is 9.59 Å². The van der Waals surface area contributed by atoms with Gasteiger partial charge in [-0.3, -0.25) is 9.59 Å². The maximum atomic E-state index is 13.7. The zero-order valence-corrected chi connectivity index (χ0v) is 21.4. The van der Waals surface area contributed by atoms with Gasteiger partial charge in [-0.1, -0.05) is 35.9 Å². The maximum Gasteiger partial charge on any atom is 0.248 e. The molecule has 4 rings (SSSR count). The lowest BCUT2D eigenvalue weighted by Crippen LogP contribution is -2.51. The van der Waals surface area contributed by atoms with Gasteiger partial charge in [0.1, 0.15) is 12.6 Å². The summed E-state index contributed by atoms with van der Waals surface area (Å²) in [6.45, 7) is 8.64. The summed E-state index contributed by atoms with van der Waals surface area (Å²) in [6.07, 6.45) is 1.67. The molecular weight excluding hydrogens is 464 g/mol. The molecule has 1 N–H and O–H groups in total. The van der Waals surface area contributed by atoms with Gasteiger partial charge in [-0.25, -0.2) is 0 Å². The van der Waals surface area contributed by atoms with E-state index in [0.717, 1.165) is 28.8 Å². The van der Waals surface area contributed by atoms with Crippen LogP contribution in [0.25, 0.3) is 11.4 Å². The molecule has 1 fully saturated rings. The molecular formula is C25H32N6O3S. The molecule has 0 radical (unpaired) electrons. The van der Waals surface area contributed by atoms with Crippen LogP contribution in [0.5, 0.6) is 0 Å². The molecule has 1 aliphatic heterocycles. The molecule has 0 unspecified atom stereocenters. The summed E-state index contributed by atoms with van der Waals surface area (Å²) in [7, 11) is 0. The molecule has 10 heteroatoms. The standard InChI is InChI=1S/C25H32N6O3S/c1-17-9-11-18(12-10-17)23-27-29-31(28-23)16-21(32)30(15-19-7-5-13-34-19)22(20-8-6-14-35-20)24(33)26-25(2,3)4/h6,8-12,14,19,22H,5,7,13,15-16H2,1-4H3,(H,26,33)/t19-,22+/m1/s1. The van der Waals surface area contributed by atoms with Crippen LogP contribution in [-0.4, -0.2) is 61.7 Å². The van der Waals surface area contributed by atoms with E-state index in [0.29, 0.717) is 19.0 Å². The first kappa shape index (κ1) is 25.0. The van der Waals surface area contributed by atoms with Crippen molar-refractivity contribution in [2.45, 2.75) is 64.8 Å². The largest absolute Gasteiger partial charge is 0.376 e. The van der Waals surface area contributed by atoms with Gasteiger partial charge in [0.25, 0.3) is 0 Å². The Bertz CT molecular complexity index is 1130. The topological polar surface area (TPSA) is 102 Å². The van der Waals surface area contributed by atoms with Crippen molar-refractivity contribution < 1.29 is 14.3 Å². The summed E-state index contributed by atoms with van der Waals surface area (Å²) < 4.78 is 5.83. The number of thiophene rings is 1. The van der Waals surface area contributed by atoms with Crippen LogP contribution in [-0.2, 0) is 20.9 Å². The van der Waals surface area contributed by atoms with Crippen molar-refractivity contribution in [3.8, 4) is 11.4 Å². The fourth-order valence-corrected chi connectivity index (χ4v) is 4.84. The van der Waals surface area contributed by atoms with Crippen molar-refractivity contribution >= 4 is 23.2 Å². The molecule has 3 aromatic rings. The number of carbonyl (C=O) groups is 2. The highest BCUT2D eigenvalue weighted by molar-refractivity contribution is 7.10. The van der Waals surface area contributed by atoms with Crippen molar-refractivity contribution in [3.05, 3.63) is 52.2 Å². The van der Waals surface area contributed by atoms with E-state index < -0.39 is 11.6 Å². The Balaban J connectivity index is 1.60. The Morgan fingerprint density at radius 2 is 2.03 bits per heavy atom. The van der Waals surface area contributed by atoms with Gasteiger partial charge >= 0.3 is 0 Å². The molecule has 0 aliphatic carbocycles. The summed E-state index contributed by atoms with van der Waals surface area (Å²) in [5.41, 5.74) is 1.52. The number of amides is 2. The van der Waals surface area contributed by atoms with Crippen LogP contribution >= 0.6 is 11.3 Å². The second kappa shape index (κ2) is 10.7. The summed E-state index contributed by atoms with van der Waals surface area (Å²) in [5.74, 6) is -0.0437. The average molecular weight is 497 g/mol. The number of hydrogen-bond donors (Lipinski definition) is 1. The smallest absolute Gasteiger partial charge is 0.248 e. The van der Waals surface area contributed by atoms with Crippen molar-refractivity contribution in [2.24, 2.45) is 0 Å². The first-order valence-electron chi connectivity index (χ1n) is 11.8. The third-order valence-corrected chi connectivity index (χ3v) is 6.58. The van der Waals surface area contributed by atoms with Gasteiger partial charge in [-0.15, -0.1) is 21.5 Å². The zero-order valence-electron chi connectivity index (χ0n) is 20.6. The lowest BCUT2D eigenvalue weighted by atomic mass is 10.1. The van der Waals surface area contributed by atoms with Crippen LogP contribution in [0.3, 0.4) is 0 Å². The number of hydrogen-bond acceptors (Lipinski definition) is 7. The number of nitrogens with one attached hydrogen (secondary N) is 1. The van der Waals surface area contributed by atoms with Crippen LogP contribution in [0.4, 0.5) is 0 Å². The summed E-state index contributed by atoms with van der Waals surface area (Å²) in [5, 5.41) is 17.6. The number of benzene rings is 1. The fourth-order valence-electron chi connectivity index (χ4n) is 4.01. The number of ether oxygens (including phenoxy) is 1. The predicted molar refractivity (Wildman–Crippen MR) is 134 cm³/mol. The monoisotopic (exact) mass is 496 g/mol. The molecule has 1 aliphatic rings. The summed E-state index contributed by atoms with van der Waals surface area (Å²) in [6, 6.07) is 10.8. The molecule has 2 aromatic heterocycles. The fraction of sp³-hybridized carbons (Fsp3) is 0.480. The summed E-state index contributed by atoms with van der Waals surface area (Å²) >= 11 is 1.45. The van der Waals surface area contributed by atoms with E-state index in [4.69, 9.17) is 4.74 Å². The van der Waals surface area contributed by atoms with Crippen molar-refractivity contribution in [1.29, 1.82) is 0 Å². The van der Waals surface area contributed by atoms with E-state index in [1.807, 2.05) is 69.5 Å². The van der Waals surface area contributed by atoms with Crippen molar-refractivity contribution in [3.63, 3.8) is 0 Å². The van der Waals surface area contributed by atoms with Gasteiger partial charge in [0.15, 0.2) is 0 Å². The molecule has 0 bridgehead atoms. The third kappa shape index (κ3) is 6.52. The van der Waals surface area contributed by atoms with E-state index in [1.165, 1.54) is 16.1 Å². The minimum Gasteiger partial charge on any atom is -0.376 e. The Hall–Kier alpha value is -3.11. The molecule has 3 heterocycles. The highest BCUT2D eigenvalue weighted by atomic mass is 32.1. The second-order valence-electron chi connectivity index (χ2n) is 9.85. The van der Waals surface area contributed by atoms with Gasteiger partial charge in [0, 0.05) is 29.1 Å². The van der Waals surface area contributed by atoms with E-state index in [-0.39, 0.29) is 24.5 Å². The first-order chi connectivity index (χ1) is 16.7. The lowest BCUT2D eigenvalue weighted by Gasteiger charge is -2.34. The number of tetrazole rings is 1. The van der Waals surface area contributed by atoms with Gasteiger partial charge in [0.2, 0.25) is 17.6 Å². The van der Waals surface area contributed by atoms with Gasteiger partial charge in [-0.05, 0) is 57.2 Å². The quantitative estimate of drug-likeness (QED) is 0.513. The minimum absolute atomic E-state index is 0.115. The lowest BCUT2D eigenvalue weighted by molar-refractivity contribution is -0.144. The van der Waals surface area contributed by atoms with Gasteiger partial charge < -0.3 is 15.0 Å². The Kier molecular flexibility index (Phi) is 7.61. The molecule has 9 nitrogen and oxygen atoms in total. The number of rotatable bonds is 8. The van der Waals surface area contributed by atoms with E-state index >= 15 is 0 Å². The minimum atomic E-state index is -0.772. The number of carbonyl (C=O) groups excluding carboxylic acids is 2. The Morgan fingerprint density at radius 3 is 2.66 bits per heavy atom. The highest BCUT2D eigenvalue weighted by Crippen LogP contribution is 2.28. The molecule has 186 valence electrons. The van der Waals surface area contributed by atoms with Crippen LogP contribution in [0.15, 0.2) is 41.8 Å². The van der Waals surface area contributed by atoms with Crippen LogP contribution in [0, 0.1) is 6.92 Å². The van der Waals surface area contributed by atoms with E-state index in [1.54, 1.807) is 4.90 Å². The SMILES string of the molecule is Cc1ccc(-c2nnn(CC(=O)N(C[C@H]3CCCO3)[C@H](C(=O)NC(C)(C)C)c3cccs3)n2)cc1. The third-order valence-electron chi connectivity index (χ3n) is 5.65. The molecule has 35 heavy (non-hydrogen) atoms. The van der Waals surface area contributed by atoms with Crippen molar-refractivity contribution in [2.75, 3.05) is 13.2 Å². The molecule has 2 amide bonds. The average Bonchev–Trinajstić information content (AvgIpc) is 3.56. The maximum absolute atomic E-state index is 13.7. The van der Waals surface area contributed by atoms with Gasteiger partial charge in [0.05, 0.1) is 6.10 Å². The molecule has 1 aromatic carbocycles. The van der Waals surface area contributed by atoms with Crippen molar-refractivity contribution in [1.82, 2.24) is 30.4 Å². The molecule has 1 saturated heterocycles. The molecule has 0 saturated carbocycles. The summed E-state index contributed by atoms with van der Waals surface area (Å²) in [4.78, 5) is 30.8. The highest BCUT2D eigenvalue weighted by Gasteiger charge is 2.36. The molecule has 2 atom stereocenters. The first-order valence-corrected chi connectivity index (χ1v) is 12.7. The number of aromatic nitrogens is 4. The predicted octanol–water partition coefficient (Wildman–Crippen LogP) is 3.37. The van der Waals surface area contributed by atoms with Crippen LogP contribution < -0.4 is 5.32 Å².